The number of aliphatic hydroxyl groups is 1. The van der Waals surface area contributed by atoms with Gasteiger partial charge in [0.1, 0.15) is 6.61 Å². The van der Waals surface area contributed by atoms with Crippen LogP contribution in [0.3, 0.4) is 0 Å². The summed E-state index contributed by atoms with van der Waals surface area (Å²) in [6.45, 7) is -0.436. The molecular formula is C14H11F3N4O3. The molecule has 0 aliphatic heterocycles. The molecule has 3 aromatic rings. The average molecular weight is 340 g/mol. The van der Waals surface area contributed by atoms with Crippen LogP contribution < -0.4 is 0 Å². The maximum absolute atomic E-state index is 12.9. The first kappa shape index (κ1) is 16.1. The summed E-state index contributed by atoms with van der Waals surface area (Å²) in [5, 5.41) is 20.0. The fourth-order valence-electron chi connectivity index (χ4n) is 2.32. The molecule has 0 saturated carbocycles. The number of rotatable bonds is 4. The largest absolute Gasteiger partial charge is 0.463 e. The van der Waals surface area contributed by atoms with Crippen molar-refractivity contribution in [1.82, 2.24) is 20.0 Å². The molecule has 0 fully saturated rings. The van der Waals surface area contributed by atoms with Crippen LogP contribution >= 0.6 is 0 Å². The molecule has 0 bridgehead atoms. The highest BCUT2D eigenvalue weighted by Crippen LogP contribution is 2.32. The zero-order chi connectivity index (χ0) is 17.3. The lowest BCUT2D eigenvalue weighted by Crippen LogP contribution is -2.12. The van der Waals surface area contributed by atoms with Crippen LogP contribution in [0.5, 0.6) is 0 Å². The van der Waals surface area contributed by atoms with E-state index in [1.807, 2.05) is 0 Å². The average Bonchev–Trinajstić information content (AvgIpc) is 3.02. The van der Waals surface area contributed by atoms with E-state index in [1.54, 1.807) is 6.07 Å². The molecular weight excluding hydrogens is 329 g/mol. The number of hydrogen-bond acceptors (Lipinski definition) is 6. The molecule has 0 atom stereocenters. The monoisotopic (exact) mass is 340 g/mol. The zero-order valence-electron chi connectivity index (χ0n) is 12.1. The predicted octanol–water partition coefficient (Wildman–Crippen LogP) is 1.37. The van der Waals surface area contributed by atoms with E-state index in [9.17, 15) is 18.0 Å². The van der Waals surface area contributed by atoms with Crippen molar-refractivity contribution in [2.45, 2.75) is 12.6 Å². The number of fused-ring (bicyclic) bond motifs is 3. The van der Waals surface area contributed by atoms with Gasteiger partial charge < -0.3 is 9.84 Å². The maximum Gasteiger partial charge on any atom is 0.416 e. The highest BCUT2D eigenvalue weighted by molar-refractivity contribution is 5.86. The summed E-state index contributed by atoms with van der Waals surface area (Å²) in [5.74, 6) is -0.597. The molecule has 10 heteroatoms. The van der Waals surface area contributed by atoms with Gasteiger partial charge in [0.15, 0.2) is 5.65 Å². The van der Waals surface area contributed by atoms with Gasteiger partial charge >= 0.3 is 12.1 Å². The van der Waals surface area contributed by atoms with E-state index in [0.29, 0.717) is 10.9 Å². The van der Waals surface area contributed by atoms with Gasteiger partial charge in [0.25, 0.3) is 0 Å². The summed E-state index contributed by atoms with van der Waals surface area (Å²) in [6, 6.07) is 4.74. The lowest BCUT2D eigenvalue weighted by Gasteiger charge is -2.10. The molecule has 3 rings (SSSR count). The molecule has 0 saturated heterocycles. The molecule has 0 unspecified atom stereocenters. The first-order chi connectivity index (χ1) is 11.4. The van der Waals surface area contributed by atoms with Crippen LogP contribution in [0.15, 0.2) is 24.3 Å². The van der Waals surface area contributed by atoms with Crippen LogP contribution in [0.2, 0.25) is 0 Å². The summed E-state index contributed by atoms with van der Waals surface area (Å²) < 4.78 is 44.5. The number of tetrazole rings is 1. The Morgan fingerprint density at radius 2 is 2.08 bits per heavy atom. The number of carbonyl (C=O) groups is 1. The molecule has 0 radical (unpaired) electrons. The Morgan fingerprint density at radius 3 is 2.79 bits per heavy atom. The van der Waals surface area contributed by atoms with Crippen LogP contribution in [-0.4, -0.2) is 44.3 Å². The molecule has 126 valence electrons. The van der Waals surface area contributed by atoms with Gasteiger partial charge in [-0.25, -0.2) is 0 Å². The second-order valence-electron chi connectivity index (χ2n) is 4.98. The Kier molecular flexibility index (Phi) is 4.06. The Morgan fingerprint density at radius 1 is 1.29 bits per heavy atom. The molecule has 1 aromatic carbocycles. The number of alkyl halides is 3. The topological polar surface area (TPSA) is 89.6 Å². The summed E-state index contributed by atoms with van der Waals surface area (Å²) >= 11 is 0. The summed E-state index contributed by atoms with van der Waals surface area (Å²) in [5.41, 5.74) is -0.0582. The molecule has 0 aliphatic carbocycles. The quantitative estimate of drug-likeness (QED) is 0.722. The number of hydrogen-bond donors (Lipinski definition) is 1. The molecule has 2 heterocycles. The van der Waals surface area contributed by atoms with Crippen molar-refractivity contribution in [1.29, 1.82) is 0 Å². The third kappa shape index (κ3) is 3.00. The van der Waals surface area contributed by atoms with Gasteiger partial charge in [0.2, 0.25) is 0 Å². The minimum Gasteiger partial charge on any atom is -0.463 e. The highest BCUT2D eigenvalue weighted by atomic mass is 19.4. The summed E-state index contributed by atoms with van der Waals surface area (Å²) in [6.07, 6.45) is -4.65. The fourth-order valence-corrected chi connectivity index (χ4v) is 2.32. The smallest absolute Gasteiger partial charge is 0.416 e. The predicted molar refractivity (Wildman–Crippen MR) is 75.0 cm³/mol. The normalized spacial score (nSPS) is 12.0. The number of aromatic nitrogens is 4. The van der Waals surface area contributed by atoms with E-state index in [2.05, 4.69) is 15.5 Å². The van der Waals surface area contributed by atoms with Crippen molar-refractivity contribution in [2.24, 2.45) is 0 Å². The Balaban J connectivity index is 2.09. The summed E-state index contributed by atoms with van der Waals surface area (Å²) in [4.78, 5) is 11.7. The number of aliphatic hydroxyl groups excluding tert-OH is 1. The van der Waals surface area contributed by atoms with Crippen molar-refractivity contribution >= 4 is 22.5 Å². The maximum atomic E-state index is 12.9. The van der Waals surface area contributed by atoms with E-state index in [-0.39, 0.29) is 30.8 Å². The van der Waals surface area contributed by atoms with Crippen LogP contribution in [0, 0.1) is 0 Å². The van der Waals surface area contributed by atoms with Crippen LogP contribution in [0.25, 0.3) is 16.6 Å². The third-order valence-corrected chi connectivity index (χ3v) is 3.36. The molecule has 0 amide bonds. The number of pyridine rings is 1. The number of carbonyl (C=O) groups excluding carboxylic acids is 1. The van der Waals surface area contributed by atoms with Crippen LogP contribution in [0.1, 0.15) is 11.1 Å². The fraction of sp³-hybridized carbons (Fsp3) is 0.286. The number of ether oxygens (including phenoxy) is 1. The van der Waals surface area contributed by atoms with Gasteiger partial charge in [-0.2, -0.15) is 17.7 Å². The van der Waals surface area contributed by atoms with Gasteiger partial charge in [0.05, 0.1) is 24.1 Å². The van der Waals surface area contributed by atoms with E-state index in [0.717, 1.165) is 16.6 Å². The number of halogens is 3. The number of benzene rings is 1. The van der Waals surface area contributed by atoms with Gasteiger partial charge in [-0.3, -0.25) is 4.79 Å². The Bertz CT molecular complexity index is 907. The van der Waals surface area contributed by atoms with Crippen molar-refractivity contribution in [3.8, 4) is 0 Å². The standard InChI is InChI=1S/C14H11F3N4O3/c15-14(16,17)10-2-1-8-5-9(6-12(23)24-4-3-22)13-18-19-20-21(13)11(8)7-10/h1-2,5,7,22H,3-4,6H2. The van der Waals surface area contributed by atoms with E-state index in [1.165, 1.54) is 6.07 Å². The van der Waals surface area contributed by atoms with Crippen LogP contribution in [-0.2, 0) is 22.1 Å². The second kappa shape index (κ2) is 6.04. The Hall–Kier alpha value is -2.75. The SMILES string of the molecule is O=C(Cc1cc2ccc(C(F)(F)F)cc2n2nnnc12)OCCO. The highest BCUT2D eigenvalue weighted by Gasteiger charge is 2.31. The molecule has 0 aliphatic rings. The molecule has 0 spiro atoms. The lowest BCUT2D eigenvalue weighted by molar-refractivity contribution is -0.143. The molecule has 7 nitrogen and oxygen atoms in total. The third-order valence-electron chi connectivity index (χ3n) is 3.36. The number of nitrogens with zero attached hydrogens (tertiary/aromatic N) is 4. The minimum atomic E-state index is -4.48. The van der Waals surface area contributed by atoms with Crippen molar-refractivity contribution < 1.29 is 27.8 Å². The lowest BCUT2D eigenvalue weighted by atomic mass is 10.1. The first-order valence-corrected chi connectivity index (χ1v) is 6.87. The van der Waals surface area contributed by atoms with Gasteiger partial charge in [-0.1, -0.05) is 6.07 Å². The second-order valence-corrected chi connectivity index (χ2v) is 4.98. The van der Waals surface area contributed by atoms with Gasteiger partial charge in [-0.15, -0.1) is 5.10 Å². The van der Waals surface area contributed by atoms with Gasteiger partial charge in [-0.05, 0) is 28.6 Å². The van der Waals surface area contributed by atoms with Crippen molar-refractivity contribution in [2.75, 3.05) is 13.2 Å². The van der Waals surface area contributed by atoms with Crippen LogP contribution in [0.4, 0.5) is 13.2 Å². The minimum absolute atomic E-state index is 0.136. The van der Waals surface area contributed by atoms with E-state index < -0.39 is 17.7 Å². The molecule has 1 N–H and O–H groups in total. The van der Waals surface area contributed by atoms with Crippen molar-refractivity contribution in [3.05, 3.63) is 35.4 Å². The first-order valence-electron chi connectivity index (χ1n) is 6.87. The molecule has 2 aromatic heterocycles. The van der Waals surface area contributed by atoms with Crippen molar-refractivity contribution in [3.63, 3.8) is 0 Å². The molecule has 24 heavy (non-hydrogen) atoms. The van der Waals surface area contributed by atoms with Gasteiger partial charge in [0, 0.05) is 10.9 Å². The Labute approximate surface area is 132 Å². The zero-order valence-corrected chi connectivity index (χ0v) is 12.1. The number of esters is 1. The van der Waals surface area contributed by atoms with E-state index >= 15 is 0 Å². The van der Waals surface area contributed by atoms with E-state index in [4.69, 9.17) is 9.84 Å². The summed E-state index contributed by atoms with van der Waals surface area (Å²) in [7, 11) is 0.